The first-order valence-corrected chi connectivity index (χ1v) is 10.7. The van der Waals surface area contributed by atoms with Crippen LogP contribution in [0.2, 0.25) is 0 Å². The molecular formula is C26H21BrFNO2. The van der Waals surface area contributed by atoms with Crippen LogP contribution in [0.15, 0.2) is 102 Å². The zero-order chi connectivity index (χ0) is 21.5. The molecule has 0 atom stereocenters. The molecule has 1 N–H and O–H groups in total. The first-order valence-electron chi connectivity index (χ1n) is 9.89. The number of para-hydroxylation sites is 1. The van der Waals surface area contributed by atoms with Crippen LogP contribution < -0.4 is 14.8 Å². The largest absolute Gasteiger partial charge is 0.488 e. The van der Waals surface area contributed by atoms with E-state index in [0.29, 0.717) is 17.9 Å². The van der Waals surface area contributed by atoms with Crippen LogP contribution in [0.5, 0.6) is 17.2 Å². The minimum atomic E-state index is -0.267. The lowest BCUT2D eigenvalue weighted by molar-refractivity contribution is 0.297. The molecule has 4 aromatic carbocycles. The molecule has 5 heteroatoms. The van der Waals surface area contributed by atoms with Crippen molar-refractivity contribution in [3.63, 3.8) is 0 Å². The summed E-state index contributed by atoms with van der Waals surface area (Å²) in [7, 11) is 0. The smallest absolute Gasteiger partial charge is 0.129 e. The van der Waals surface area contributed by atoms with Crippen LogP contribution in [0.3, 0.4) is 0 Å². The average Bonchev–Trinajstić information content (AvgIpc) is 2.80. The number of nitrogens with one attached hydrogen (secondary N) is 1. The van der Waals surface area contributed by atoms with Gasteiger partial charge in [-0.2, -0.15) is 0 Å². The molecule has 0 saturated carbocycles. The lowest BCUT2D eigenvalue weighted by Crippen LogP contribution is -2.04. The number of halogens is 2. The fraction of sp³-hybridized carbons (Fsp3) is 0.0769. The summed E-state index contributed by atoms with van der Waals surface area (Å²) in [6.45, 7) is 0.734. The highest BCUT2D eigenvalue weighted by Crippen LogP contribution is 2.27. The fourth-order valence-corrected chi connectivity index (χ4v) is 3.47. The molecule has 0 aliphatic carbocycles. The van der Waals surface area contributed by atoms with E-state index in [1.807, 2.05) is 72.8 Å². The van der Waals surface area contributed by atoms with Crippen LogP contribution in [0.1, 0.15) is 11.1 Å². The lowest BCUT2D eigenvalue weighted by Gasteiger charge is -2.14. The van der Waals surface area contributed by atoms with Gasteiger partial charge in [-0.25, -0.2) is 4.39 Å². The molecular weight excluding hydrogens is 457 g/mol. The lowest BCUT2D eigenvalue weighted by atomic mass is 10.2. The van der Waals surface area contributed by atoms with Gasteiger partial charge in [-0.15, -0.1) is 0 Å². The van der Waals surface area contributed by atoms with Gasteiger partial charge in [0.25, 0.3) is 0 Å². The SMILES string of the molecule is Fc1ccccc1COc1ccc(Br)cc1CNc1ccc(Oc2ccccc2)cc1. The van der Waals surface area contributed by atoms with Gasteiger partial charge in [0.05, 0.1) is 0 Å². The summed E-state index contributed by atoms with van der Waals surface area (Å²) in [5.41, 5.74) is 2.45. The first-order chi connectivity index (χ1) is 15.2. The predicted octanol–water partition coefficient (Wildman–Crippen LogP) is 7.57. The van der Waals surface area contributed by atoms with Gasteiger partial charge in [-0.3, -0.25) is 0 Å². The first kappa shape index (κ1) is 20.9. The molecule has 0 amide bonds. The van der Waals surface area contributed by atoms with Crippen molar-refractivity contribution in [2.24, 2.45) is 0 Å². The quantitative estimate of drug-likeness (QED) is 0.283. The molecule has 3 nitrogen and oxygen atoms in total. The molecule has 4 rings (SSSR count). The Morgan fingerprint density at radius 1 is 0.742 bits per heavy atom. The van der Waals surface area contributed by atoms with Gasteiger partial charge in [-0.1, -0.05) is 52.3 Å². The average molecular weight is 478 g/mol. The molecule has 0 unspecified atom stereocenters. The highest BCUT2D eigenvalue weighted by molar-refractivity contribution is 9.10. The van der Waals surface area contributed by atoms with Crippen LogP contribution in [0.25, 0.3) is 0 Å². The van der Waals surface area contributed by atoms with Crippen LogP contribution in [0, 0.1) is 5.82 Å². The van der Waals surface area contributed by atoms with E-state index in [-0.39, 0.29) is 12.4 Å². The number of hydrogen-bond donors (Lipinski definition) is 1. The second kappa shape index (κ2) is 10.1. The second-order valence-electron chi connectivity index (χ2n) is 6.93. The van der Waals surface area contributed by atoms with Crippen LogP contribution in [-0.2, 0) is 13.2 Å². The summed E-state index contributed by atoms with van der Waals surface area (Å²) < 4.78 is 26.6. The van der Waals surface area contributed by atoms with Crippen LogP contribution in [-0.4, -0.2) is 0 Å². The van der Waals surface area contributed by atoms with E-state index in [1.54, 1.807) is 18.2 Å². The summed E-state index contributed by atoms with van der Waals surface area (Å²) in [6.07, 6.45) is 0. The third kappa shape index (κ3) is 5.86. The number of rotatable bonds is 8. The van der Waals surface area contributed by atoms with Crippen molar-refractivity contribution in [3.8, 4) is 17.2 Å². The molecule has 0 aliphatic heterocycles. The maximum Gasteiger partial charge on any atom is 0.129 e. The van der Waals surface area contributed by atoms with Crippen molar-refractivity contribution in [2.75, 3.05) is 5.32 Å². The van der Waals surface area contributed by atoms with E-state index in [9.17, 15) is 4.39 Å². The Balaban J connectivity index is 1.40. The van der Waals surface area contributed by atoms with Crippen molar-refractivity contribution in [2.45, 2.75) is 13.2 Å². The van der Waals surface area contributed by atoms with Crippen molar-refractivity contribution >= 4 is 21.6 Å². The molecule has 156 valence electrons. The fourth-order valence-electron chi connectivity index (χ4n) is 3.06. The summed E-state index contributed by atoms with van der Waals surface area (Å²) in [5, 5.41) is 3.40. The van der Waals surface area contributed by atoms with E-state index in [4.69, 9.17) is 9.47 Å². The van der Waals surface area contributed by atoms with Gasteiger partial charge in [0, 0.05) is 27.8 Å². The maximum absolute atomic E-state index is 13.9. The molecule has 0 spiro atoms. The van der Waals surface area contributed by atoms with Crippen molar-refractivity contribution in [3.05, 3.63) is 118 Å². The number of benzene rings is 4. The van der Waals surface area contributed by atoms with Crippen molar-refractivity contribution < 1.29 is 13.9 Å². The van der Waals surface area contributed by atoms with E-state index < -0.39 is 0 Å². The Bertz CT molecular complexity index is 1130. The van der Waals surface area contributed by atoms with Crippen LogP contribution in [0.4, 0.5) is 10.1 Å². The molecule has 0 aromatic heterocycles. The number of anilines is 1. The summed E-state index contributed by atoms with van der Waals surface area (Å²) in [4.78, 5) is 0. The van der Waals surface area contributed by atoms with Gasteiger partial charge in [0.15, 0.2) is 0 Å². The van der Waals surface area contributed by atoms with Crippen molar-refractivity contribution in [1.82, 2.24) is 0 Å². The Morgan fingerprint density at radius 2 is 1.45 bits per heavy atom. The van der Waals surface area contributed by atoms with Gasteiger partial charge in [0.1, 0.15) is 29.7 Å². The Morgan fingerprint density at radius 3 is 2.23 bits per heavy atom. The highest BCUT2D eigenvalue weighted by Gasteiger charge is 2.08. The standard InChI is InChI=1S/C26H21BrFNO2/c27-21-10-15-26(30-18-19-6-4-5-9-25(19)28)20(16-21)17-29-22-11-13-24(14-12-22)31-23-7-2-1-3-8-23/h1-16,29H,17-18H2. The predicted molar refractivity (Wildman–Crippen MR) is 125 cm³/mol. The number of ether oxygens (including phenoxy) is 2. The number of hydrogen-bond acceptors (Lipinski definition) is 3. The minimum absolute atomic E-state index is 0.173. The van der Waals surface area contributed by atoms with E-state index in [0.717, 1.165) is 27.2 Å². The van der Waals surface area contributed by atoms with Crippen molar-refractivity contribution in [1.29, 1.82) is 0 Å². The Labute approximate surface area is 189 Å². The Kier molecular flexibility index (Phi) is 6.85. The zero-order valence-electron chi connectivity index (χ0n) is 16.7. The normalized spacial score (nSPS) is 10.5. The van der Waals surface area contributed by atoms with E-state index in [2.05, 4.69) is 21.2 Å². The van der Waals surface area contributed by atoms with Gasteiger partial charge < -0.3 is 14.8 Å². The minimum Gasteiger partial charge on any atom is -0.488 e. The Hall–Kier alpha value is -3.31. The van der Waals surface area contributed by atoms with Gasteiger partial charge in [0.2, 0.25) is 0 Å². The molecule has 0 radical (unpaired) electrons. The zero-order valence-corrected chi connectivity index (χ0v) is 18.3. The topological polar surface area (TPSA) is 30.5 Å². The van der Waals surface area contributed by atoms with Gasteiger partial charge in [-0.05, 0) is 60.7 Å². The molecule has 0 bridgehead atoms. The molecule has 4 aromatic rings. The van der Waals surface area contributed by atoms with Crippen LogP contribution >= 0.6 is 15.9 Å². The maximum atomic E-state index is 13.9. The van der Waals surface area contributed by atoms with Gasteiger partial charge >= 0.3 is 0 Å². The monoisotopic (exact) mass is 477 g/mol. The molecule has 0 heterocycles. The molecule has 0 saturated heterocycles. The third-order valence-corrected chi connectivity index (χ3v) is 5.17. The second-order valence-corrected chi connectivity index (χ2v) is 7.84. The summed E-state index contributed by atoms with van der Waals surface area (Å²) in [5.74, 6) is 2.02. The van der Waals surface area contributed by atoms with E-state index in [1.165, 1.54) is 6.07 Å². The summed E-state index contributed by atoms with van der Waals surface area (Å²) in [6, 6.07) is 29.9. The molecule has 0 aliphatic rings. The summed E-state index contributed by atoms with van der Waals surface area (Å²) >= 11 is 3.51. The highest BCUT2D eigenvalue weighted by atomic mass is 79.9. The third-order valence-electron chi connectivity index (χ3n) is 4.68. The molecule has 31 heavy (non-hydrogen) atoms. The molecule has 0 fully saturated rings. The van der Waals surface area contributed by atoms with E-state index >= 15 is 0 Å².